The average Bonchev–Trinajstić information content (AvgIpc) is 3.07. The highest BCUT2D eigenvalue weighted by atomic mass is 32.1. The minimum absolute atomic E-state index is 0.145. The second-order valence-electron chi connectivity index (χ2n) is 4.43. The molecule has 5 nitrogen and oxygen atoms in total. The maximum absolute atomic E-state index is 12.5. The van der Waals surface area contributed by atoms with Gasteiger partial charge >= 0.3 is 0 Å². The van der Waals surface area contributed by atoms with Gasteiger partial charge in [-0.25, -0.2) is 9.67 Å². The van der Waals surface area contributed by atoms with Crippen LogP contribution in [-0.4, -0.2) is 33.3 Å². The normalized spacial score (nSPS) is 12.7. The van der Waals surface area contributed by atoms with Gasteiger partial charge in [0, 0.05) is 12.0 Å². The lowest BCUT2D eigenvalue weighted by Gasteiger charge is -2.22. The highest BCUT2D eigenvalue weighted by Crippen LogP contribution is 2.22. The lowest BCUT2D eigenvalue weighted by Crippen LogP contribution is -2.35. The van der Waals surface area contributed by atoms with Gasteiger partial charge in [0.2, 0.25) is 5.78 Å². The van der Waals surface area contributed by atoms with Crippen molar-refractivity contribution in [2.45, 2.75) is 19.4 Å². The molecule has 2 aromatic rings. The third-order valence-corrected chi connectivity index (χ3v) is 3.60. The number of Topliss-reactive ketones (excluding diaryl/α,β-unsaturated/α-hetero) is 1. The summed E-state index contributed by atoms with van der Waals surface area (Å²) in [5.41, 5.74) is -0.471. The molecule has 0 unspecified atom stereocenters. The van der Waals surface area contributed by atoms with Gasteiger partial charge in [-0.3, -0.25) is 4.79 Å². The molecule has 0 atom stereocenters. The zero-order valence-electron chi connectivity index (χ0n) is 11.0. The van der Waals surface area contributed by atoms with Crippen LogP contribution in [0.15, 0.2) is 30.2 Å². The minimum Gasteiger partial charge on any atom is -0.371 e. The number of thiophene rings is 1. The van der Waals surface area contributed by atoms with E-state index in [1.165, 1.54) is 24.4 Å². The first kappa shape index (κ1) is 13.6. The van der Waals surface area contributed by atoms with E-state index in [1.54, 1.807) is 31.3 Å². The lowest BCUT2D eigenvalue weighted by molar-refractivity contribution is -0.131. The number of aromatic nitrogens is 3. The van der Waals surface area contributed by atoms with Crippen LogP contribution in [0.2, 0.25) is 0 Å². The molecule has 0 aliphatic heterocycles. The first-order valence-electron chi connectivity index (χ1n) is 5.75. The Labute approximate surface area is 115 Å². The van der Waals surface area contributed by atoms with E-state index in [-0.39, 0.29) is 5.78 Å². The van der Waals surface area contributed by atoms with Crippen LogP contribution in [0, 0.1) is 0 Å². The third kappa shape index (κ3) is 2.97. The predicted octanol–water partition coefficient (Wildman–Crippen LogP) is 2.33. The highest BCUT2D eigenvalue weighted by molar-refractivity contribution is 7.10. The molecule has 0 amide bonds. The van der Waals surface area contributed by atoms with Gasteiger partial charge in [-0.15, -0.1) is 11.3 Å². The van der Waals surface area contributed by atoms with Crippen molar-refractivity contribution in [2.24, 2.45) is 0 Å². The Kier molecular flexibility index (Phi) is 3.92. The molecule has 0 saturated heterocycles. The highest BCUT2D eigenvalue weighted by Gasteiger charge is 2.31. The quantitative estimate of drug-likeness (QED) is 0.787. The SMILES string of the molecule is COC(C)(C)C(=O)C(=Cc1cccs1)n1cncn1. The number of rotatable bonds is 5. The lowest BCUT2D eigenvalue weighted by atomic mass is 10.00. The molecule has 19 heavy (non-hydrogen) atoms. The van der Waals surface area contributed by atoms with Gasteiger partial charge in [0.05, 0.1) is 0 Å². The van der Waals surface area contributed by atoms with Gasteiger partial charge in [-0.05, 0) is 31.4 Å². The average molecular weight is 277 g/mol. The molecule has 0 radical (unpaired) electrons. The molecule has 0 aromatic carbocycles. The summed E-state index contributed by atoms with van der Waals surface area (Å²) in [6.45, 7) is 3.46. The Morgan fingerprint density at radius 2 is 2.32 bits per heavy atom. The van der Waals surface area contributed by atoms with Gasteiger partial charge < -0.3 is 4.74 Å². The summed E-state index contributed by atoms with van der Waals surface area (Å²) in [5.74, 6) is -0.145. The van der Waals surface area contributed by atoms with E-state index in [0.717, 1.165) is 4.88 Å². The van der Waals surface area contributed by atoms with Gasteiger partial charge in [0.1, 0.15) is 24.0 Å². The molecule has 0 aliphatic carbocycles. The first-order chi connectivity index (χ1) is 9.04. The van der Waals surface area contributed by atoms with Crippen LogP contribution in [-0.2, 0) is 9.53 Å². The molecule has 6 heteroatoms. The Morgan fingerprint density at radius 3 is 2.84 bits per heavy atom. The Hall–Kier alpha value is -1.79. The van der Waals surface area contributed by atoms with E-state index in [1.807, 2.05) is 17.5 Å². The molecule has 2 rings (SSSR count). The minimum atomic E-state index is -0.908. The molecule has 0 spiro atoms. The maximum atomic E-state index is 12.5. The molecular formula is C13H15N3O2S. The summed E-state index contributed by atoms with van der Waals surface area (Å²) in [7, 11) is 1.52. The number of hydrogen-bond acceptors (Lipinski definition) is 5. The number of ether oxygens (including phenoxy) is 1. The van der Waals surface area contributed by atoms with Crippen molar-refractivity contribution < 1.29 is 9.53 Å². The van der Waals surface area contributed by atoms with Crippen LogP contribution in [0.4, 0.5) is 0 Å². The summed E-state index contributed by atoms with van der Waals surface area (Å²) in [6.07, 6.45) is 4.70. The maximum Gasteiger partial charge on any atom is 0.212 e. The fourth-order valence-corrected chi connectivity index (χ4v) is 2.13. The Bertz CT molecular complexity index is 571. The second kappa shape index (κ2) is 5.46. The number of ketones is 1. The molecule has 0 fully saturated rings. The fourth-order valence-electron chi connectivity index (χ4n) is 1.48. The molecule has 2 aromatic heterocycles. The number of nitrogens with zero attached hydrogens (tertiary/aromatic N) is 3. The van der Waals surface area contributed by atoms with Crippen molar-refractivity contribution in [3.63, 3.8) is 0 Å². The van der Waals surface area contributed by atoms with Gasteiger partial charge in [0.25, 0.3) is 0 Å². The summed E-state index contributed by atoms with van der Waals surface area (Å²) in [6, 6.07) is 3.87. The Morgan fingerprint density at radius 1 is 1.53 bits per heavy atom. The summed E-state index contributed by atoms with van der Waals surface area (Å²) in [5, 5.41) is 5.99. The molecular weight excluding hydrogens is 262 g/mol. The van der Waals surface area contributed by atoms with Gasteiger partial charge in [0.15, 0.2) is 0 Å². The van der Waals surface area contributed by atoms with E-state index in [0.29, 0.717) is 5.70 Å². The smallest absolute Gasteiger partial charge is 0.212 e. The van der Waals surface area contributed by atoms with E-state index in [2.05, 4.69) is 10.1 Å². The number of carbonyl (C=O) groups is 1. The predicted molar refractivity (Wildman–Crippen MR) is 74.6 cm³/mol. The second-order valence-corrected chi connectivity index (χ2v) is 5.41. The number of methoxy groups -OCH3 is 1. The Balaban J connectivity index is 2.45. The zero-order valence-corrected chi connectivity index (χ0v) is 11.8. The van der Waals surface area contributed by atoms with Crippen molar-refractivity contribution >= 4 is 28.9 Å². The van der Waals surface area contributed by atoms with Crippen LogP contribution >= 0.6 is 11.3 Å². The van der Waals surface area contributed by atoms with Crippen LogP contribution in [0.25, 0.3) is 11.8 Å². The van der Waals surface area contributed by atoms with Crippen molar-refractivity contribution in [2.75, 3.05) is 7.11 Å². The summed E-state index contributed by atoms with van der Waals surface area (Å²) < 4.78 is 6.71. The van der Waals surface area contributed by atoms with Gasteiger partial charge in [-0.1, -0.05) is 6.07 Å². The molecule has 0 saturated carbocycles. The van der Waals surface area contributed by atoms with E-state index >= 15 is 0 Å². The van der Waals surface area contributed by atoms with E-state index < -0.39 is 5.60 Å². The monoisotopic (exact) mass is 277 g/mol. The fraction of sp³-hybridized carbons (Fsp3) is 0.308. The standard InChI is InChI=1S/C13H15N3O2S/c1-13(2,18-3)12(17)11(16-9-14-8-15-16)7-10-5-4-6-19-10/h4-9H,1-3H3. The van der Waals surface area contributed by atoms with Gasteiger partial charge in [-0.2, -0.15) is 5.10 Å². The molecule has 0 bridgehead atoms. The van der Waals surface area contributed by atoms with Crippen LogP contribution in [0.3, 0.4) is 0 Å². The van der Waals surface area contributed by atoms with Crippen molar-refractivity contribution in [3.8, 4) is 0 Å². The van der Waals surface area contributed by atoms with E-state index in [4.69, 9.17) is 4.74 Å². The van der Waals surface area contributed by atoms with Crippen molar-refractivity contribution in [3.05, 3.63) is 35.0 Å². The van der Waals surface area contributed by atoms with Crippen LogP contribution < -0.4 is 0 Å². The zero-order chi connectivity index (χ0) is 13.9. The summed E-state index contributed by atoms with van der Waals surface area (Å²) in [4.78, 5) is 17.4. The third-order valence-electron chi connectivity index (χ3n) is 2.78. The topological polar surface area (TPSA) is 57.0 Å². The largest absolute Gasteiger partial charge is 0.371 e. The number of carbonyl (C=O) groups excluding carboxylic acids is 1. The summed E-state index contributed by atoms with van der Waals surface area (Å²) >= 11 is 1.55. The van der Waals surface area contributed by atoms with Crippen LogP contribution in [0.1, 0.15) is 18.7 Å². The molecule has 0 aliphatic rings. The van der Waals surface area contributed by atoms with Crippen LogP contribution in [0.5, 0.6) is 0 Å². The molecule has 2 heterocycles. The first-order valence-corrected chi connectivity index (χ1v) is 6.63. The van der Waals surface area contributed by atoms with E-state index in [9.17, 15) is 4.79 Å². The number of hydrogen-bond donors (Lipinski definition) is 0. The van der Waals surface area contributed by atoms with Crippen molar-refractivity contribution in [1.29, 1.82) is 0 Å². The molecule has 0 N–H and O–H groups in total. The molecule has 100 valence electrons. The van der Waals surface area contributed by atoms with Crippen molar-refractivity contribution in [1.82, 2.24) is 14.8 Å².